The third-order valence-corrected chi connectivity index (χ3v) is 6.88. The molecule has 1 N–H and O–H groups in total. The summed E-state index contributed by atoms with van der Waals surface area (Å²) in [5, 5.41) is 7.51. The van der Waals surface area contributed by atoms with Crippen LogP contribution in [0.4, 0.5) is 25.1 Å². The molecule has 37 heavy (non-hydrogen) atoms. The van der Waals surface area contributed by atoms with Gasteiger partial charge >= 0.3 is 6.03 Å². The highest BCUT2D eigenvalue weighted by Crippen LogP contribution is 2.31. The molecule has 1 saturated heterocycles. The molecule has 2 amide bonds. The third kappa shape index (κ3) is 5.93. The summed E-state index contributed by atoms with van der Waals surface area (Å²) in [6.45, 7) is 13.8. The number of urea groups is 1. The predicted molar refractivity (Wildman–Crippen MR) is 143 cm³/mol. The first kappa shape index (κ1) is 26.6. The molecular formula is C28H36F2N6O. The summed E-state index contributed by atoms with van der Waals surface area (Å²) in [6, 6.07) is 12.4. The van der Waals surface area contributed by atoms with E-state index in [1.165, 1.54) is 18.2 Å². The lowest BCUT2D eigenvalue weighted by Crippen LogP contribution is -2.49. The summed E-state index contributed by atoms with van der Waals surface area (Å²) in [6.07, 6.45) is 0. The van der Waals surface area contributed by atoms with Crippen molar-refractivity contribution in [2.75, 3.05) is 36.4 Å². The molecule has 3 aromatic rings. The summed E-state index contributed by atoms with van der Waals surface area (Å²) in [4.78, 5) is 19.7. The first-order valence-electron chi connectivity index (χ1n) is 12.8. The lowest BCUT2D eigenvalue weighted by atomic mass is 10.1. The molecule has 9 heteroatoms. The van der Waals surface area contributed by atoms with Crippen LogP contribution in [0.15, 0.2) is 48.5 Å². The van der Waals surface area contributed by atoms with E-state index in [9.17, 15) is 13.6 Å². The van der Waals surface area contributed by atoms with E-state index in [1.807, 2.05) is 26.8 Å². The second-order valence-corrected chi connectivity index (χ2v) is 10.0. The van der Waals surface area contributed by atoms with Crippen molar-refractivity contribution >= 4 is 17.5 Å². The van der Waals surface area contributed by atoms with Gasteiger partial charge in [-0.05, 0) is 65.0 Å². The number of hydrogen-bond acceptors (Lipinski definition) is 4. The molecule has 1 aromatic heterocycles. The second-order valence-electron chi connectivity index (χ2n) is 10.0. The Bertz CT molecular complexity index is 1230. The molecule has 0 aliphatic carbocycles. The first-order valence-corrected chi connectivity index (χ1v) is 12.8. The zero-order valence-corrected chi connectivity index (χ0v) is 22.2. The van der Waals surface area contributed by atoms with Crippen molar-refractivity contribution < 1.29 is 13.6 Å². The van der Waals surface area contributed by atoms with Crippen molar-refractivity contribution in [3.05, 3.63) is 71.4 Å². The lowest BCUT2D eigenvalue weighted by molar-refractivity contribution is 0.193. The van der Waals surface area contributed by atoms with Crippen molar-refractivity contribution in [1.29, 1.82) is 0 Å². The maximum Gasteiger partial charge on any atom is 0.322 e. The van der Waals surface area contributed by atoms with E-state index in [4.69, 9.17) is 5.10 Å². The molecule has 198 valence electrons. The number of benzene rings is 2. The number of anilines is 2. The van der Waals surface area contributed by atoms with E-state index in [2.05, 4.69) is 29.0 Å². The Kier molecular flexibility index (Phi) is 8.12. The summed E-state index contributed by atoms with van der Waals surface area (Å²) >= 11 is 0. The van der Waals surface area contributed by atoms with Gasteiger partial charge in [0.2, 0.25) is 0 Å². The largest absolute Gasteiger partial charge is 0.354 e. The molecule has 1 fully saturated rings. The highest BCUT2D eigenvalue weighted by Gasteiger charge is 2.29. The maximum atomic E-state index is 14.2. The maximum absolute atomic E-state index is 14.2. The highest BCUT2D eigenvalue weighted by atomic mass is 19.1. The standard InChI is InChI=1S/C28H36F2N6O/c1-19(2)33-13-15-34(16-14-33)27-24(21(5)32-36(27)23-10-8-9-22(29)17-23)18-35(20(3)4)28(37)31-26-12-7-6-11-25(26)30/h6-12,17,19-20H,13-16,18H2,1-5H3,(H,31,37). The molecule has 0 bridgehead atoms. The minimum absolute atomic E-state index is 0.135. The van der Waals surface area contributed by atoms with Gasteiger partial charge in [0.1, 0.15) is 17.5 Å². The molecular weight excluding hydrogens is 474 g/mol. The van der Waals surface area contributed by atoms with E-state index >= 15 is 0 Å². The van der Waals surface area contributed by atoms with E-state index in [-0.39, 0.29) is 24.1 Å². The average molecular weight is 511 g/mol. The number of aromatic nitrogens is 2. The summed E-state index contributed by atoms with van der Waals surface area (Å²) < 4.78 is 30.2. The summed E-state index contributed by atoms with van der Waals surface area (Å²) in [5.74, 6) is 0.0325. The molecule has 0 spiro atoms. The minimum atomic E-state index is -0.488. The molecule has 0 atom stereocenters. The summed E-state index contributed by atoms with van der Waals surface area (Å²) in [7, 11) is 0. The van der Waals surface area contributed by atoms with Crippen LogP contribution in [0.2, 0.25) is 0 Å². The van der Waals surface area contributed by atoms with Gasteiger partial charge in [0.15, 0.2) is 0 Å². The molecule has 4 rings (SSSR count). The van der Waals surface area contributed by atoms with Gasteiger partial charge in [0.05, 0.1) is 23.6 Å². The van der Waals surface area contributed by atoms with Crippen LogP contribution in [0.3, 0.4) is 0 Å². The predicted octanol–water partition coefficient (Wildman–Crippen LogP) is 5.43. The fourth-order valence-corrected chi connectivity index (χ4v) is 4.70. The number of aryl methyl sites for hydroxylation is 1. The van der Waals surface area contributed by atoms with Gasteiger partial charge < -0.3 is 15.1 Å². The Hall–Kier alpha value is -3.46. The van der Waals surface area contributed by atoms with Gasteiger partial charge in [-0.2, -0.15) is 5.10 Å². The lowest BCUT2D eigenvalue weighted by Gasteiger charge is -2.39. The van der Waals surface area contributed by atoms with Crippen LogP contribution in [0, 0.1) is 18.6 Å². The topological polar surface area (TPSA) is 56.6 Å². The Morgan fingerprint density at radius 1 is 1.03 bits per heavy atom. The third-order valence-electron chi connectivity index (χ3n) is 6.88. The van der Waals surface area contributed by atoms with E-state index < -0.39 is 11.8 Å². The Balaban J connectivity index is 1.70. The quantitative estimate of drug-likeness (QED) is 0.461. The van der Waals surface area contributed by atoms with Crippen LogP contribution in [-0.4, -0.2) is 63.9 Å². The average Bonchev–Trinajstić information content (AvgIpc) is 3.19. The van der Waals surface area contributed by atoms with Crippen LogP contribution < -0.4 is 10.2 Å². The number of carbonyl (C=O) groups is 1. The van der Waals surface area contributed by atoms with Crippen LogP contribution in [0.5, 0.6) is 0 Å². The number of carbonyl (C=O) groups excluding carboxylic acids is 1. The molecule has 1 aliphatic rings. The Morgan fingerprint density at radius 2 is 1.73 bits per heavy atom. The number of nitrogens with one attached hydrogen (secondary N) is 1. The Labute approximate surface area is 217 Å². The molecule has 0 saturated carbocycles. The van der Waals surface area contributed by atoms with E-state index in [1.54, 1.807) is 33.8 Å². The second kappa shape index (κ2) is 11.3. The van der Waals surface area contributed by atoms with Gasteiger partial charge in [-0.3, -0.25) is 4.90 Å². The molecule has 1 aliphatic heterocycles. The van der Waals surface area contributed by atoms with Gasteiger partial charge in [-0.15, -0.1) is 0 Å². The minimum Gasteiger partial charge on any atom is -0.354 e. The monoisotopic (exact) mass is 510 g/mol. The van der Waals surface area contributed by atoms with Crippen molar-refractivity contribution in [2.24, 2.45) is 0 Å². The first-order chi connectivity index (χ1) is 17.7. The van der Waals surface area contributed by atoms with Crippen molar-refractivity contribution in [2.45, 2.75) is 53.2 Å². The number of rotatable bonds is 7. The molecule has 2 heterocycles. The zero-order valence-electron chi connectivity index (χ0n) is 22.2. The van der Waals surface area contributed by atoms with Crippen molar-refractivity contribution in [3.8, 4) is 5.69 Å². The van der Waals surface area contributed by atoms with E-state index in [0.29, 0.717) is 11.7 Å². The SMILES string of the molecule is Cc1nn(-c2cccc(F)c2)c(N2CCN(C(C)C)CC2)c1CN(C(=O)Nc1ccccc1F)C(C)C. The smallest absolute Gasteiger partial charge is 0.322 e. The summed E-state index contributed by atoms with van der Waals surface area (Å²) in [5.41, 5.74) is 2.41. The van der Waals surface area contributed by atoms with Crippen LogP contribution in [0.1, 0.15) is 39.0 Å². The van der Waals surface area contributed by atoms with Gasteiger partial charge in [-0.25, -0.2) is 18.3 Å². The van der Waals surface area contributed by atoms with Crippen molar-refractivity contribution in [3.63, 3.8) is 0 Å². The van der Waals surface area contributed by atoms with Gasteiger partial charge in [0, 0.05) is 43.8 Å². The number of nitrogens with zero attached hydrogens (tertiary/aromatic N) is 5. The van der Waals surface area contributed by atoms with Gasteiger partial charge in [0.25, 0.3) is 0 Å². The number of para-hydroxylation sites is 1. The van der Waals surface area contributed by atoms with E-state index in [0.717, 1.165) is 43.3 Å². The fourth-order valence-electron chi connectivity index (χ4n) is 4.70. The highest BCUT2D eigenvalue weighted by molar-refractivity contribution is 5.89. The zero-order chi connectivity index (χ0) is 26.7. The molecule has 2 aromatic carbocycles. The number of hydrogen-bond donors (Lipinski definition) is 1. The molecule has 7 nitrogen and oxygen atoms in total. The van der Waals surface area contributed by atoms with Crippen molar-refractivity contribution in [1.82, 2.24) is 19.6 Å². The number of piperazine rings is 1. The molecule has 0 unspecified atom stereocenters. The molecule has 0 radical (unpaired) electrons. The fraction of sp³-hybridized carbons (Fsp3) is 0.429. The Morgan fingerprint density at radius 3 is 2.35 bits per heavy atom. The van der Waals surface area contributed by atoms with Crippen LogP contribution in [-0.2, 0) is 6.54 Å². The van der Waals surface area contributed by atoms with Crippen LogP contribution in [0.25, 0.3) is 5.69 Å². The van der Waals surface area contributed by atoms with Gasteiger partial charge in [-0.1, -0.05) is 18.2 Å². The number of amides is 2. The van der Waals surface area contributed by atoms with Crippen LogP contribution >= 0.6 is 0 Å². The normalized spacial score (nSPS) is 14.5. The number of halogens is 2.